The van der Waals surface area contributed by atoms with Crippen LogP contribution in [0.25, 0.3) is 21.5 Å². The molecule has 27 heavy (non-hydrogen) atoms. The number of thiophene rings is 1. The highest BCUT2D eigenvalue weighted by Crippen LogP contribution is 2.30. The number of anilines is 1. The summed E-state index contributed by atoms with van der Waals surface area (Å²) in [5.74, 6) is 1.27. The summed E-state index contributed by atoms with van der Waals surface area (Å²) < 4.78 is 19.5. The van der Waals surface area contributed by atoms with E-state index in [-0.39, 0.29) is 5.82 Å². The third kappa shape index (κ3) is 3.88. The molecule has 0 atom stereocenters. The Morgan fingerprint density at radius 3 is 2.93 bits per heavy atom. The minimum Gasteiger partial charge on any atom is -0.496 e. The fraction of sp³-hybridized carbons (Fsp3) is 0.150. The summed E-state index contributed by atoms with van der Waals surface area (Å²) in [6.07, 6.45) is 3.73. The third-order valence-electron chi connectivity index (χ3n) is 4.20. The lowest BCUT2D eigenvalue weighted by molar-refractivity contribution is 0.417. The zero-order chi connectivity index (χ0) is 18.6. The molecule has 0 aliphatic heterocycles. The van der Waals surface area contributed by atoms with E-state index in [1.54, 1.807) is 24.6 Å². The number of aromatic nitrogens is 3. The number of halogens is 1. The summed E-state index contributed by atoms with van der Waals surface area (Å²) in [4.78, 5) is 13.7. The first-order valence-corrected chi connectivity index (χ1v) is 9.33. The summed E-state index contributed by atoms with van der Waals surface area (Å²) >= 11 is 1.56. The average Bonchev–Trinajstić information content (AvgIpc) is 3.18. The first kappa shape index (κ1) is 17.4. The Morgan fingerprint density at radius 2 is 2.07 bits per heavy atom. The van der Waals surface area contributed by atoms with Crippen molar-refractivity contribution in [3.63, 3.8) is 0 Å². The molecule has 0 aliphatic carbocycles. The second-order valence-electron chi connectivity index (χ2n) is 5.96. The van der Waals surface area contributed by atoms with Crippen molar-refractivity contribution in [1.82, 2.24) is 15.0 Å². The quantitative estimate of drug-likeness (QED) is 0.532. The maximum absolute atomic E-state index is 14.3. The highest BCUT2D eigenvalue weighted by molar-refractivity contribution is 7.13. The smallest absolute Gasteiger partial charge is 0.130 e. The third-order valence-corrected chi connectivity index (χ3v) is 5.13. The molecule has 3 heterocycles. The Bertz CT molecular complexity index is 1080. The lowest BCUT2D eigenvalue weighted by Crippen LogP contribution is -2.08. The van der Waals surface area contributed by atoms with Gasteiger partial charge in [-0.25, -0.2) is 14.4 Å². The number of hydrogen-bond donors (Lipinski definition) is 1. The fourth-order valence-electron chi connectivity index (χ4n) is 2.81. The molecule has 0 saturated carbocycles. The Kier molecular flexibility index (Phi) is 4.93. The van der Waals surface area contributed by atoms with E-state index < -0.39 is 0 Å². The first-order valence-electron chi connectivity index (χ1n) is 8.45. The van der Waals surface area contributed by atoms with Crippen LogP contribution in [0.3, 0.4) is 0 Å². The topological polar surface area (TPSA) is 59.9 Å². The van der Waals surface area contributed by atoms with Crippen molar-refractivity contribution in [3.05, 3.63) is 65.7 Å². The van der Waals surface area contributed by atoms with Gasteiger partial charge in [0.2, 0.25) is 0 Å². The number of methoxy groups -OCH3 is 1. The van der Waals surface area contributed by atoms with Crippen LogP contribution in [-0.2, 0) is 6.42 Å². The van der Waals surface area contributed by atoms with Gasteiger partial charge in [-0.05, 0) is 24.1 Å². The highest BCUT2D eigenvalue weighted by Gasteiger charge is 2.08. The molecule has 136 valence electrons. The second kappa shape index (κ2) is 7.67. The molecule has 0 spiro atoms. The molecule has 5 nitrogen and oxygen atoms in total. The van der Waals surface area contributed by atoms with E-state index in [1.807, 2.05) is 35.7 Å². The van der Waals surface area contributed by atoms with E-state index in [2.05, 4.69) is 20.3 Å². The second-order valence-corrected chi connectivity index (χ2v) is 6.87. The van der Waals surface area contributed by atoms with Crippen molar-refractivity contribution in [3.8, 4) is 16.3 Å². The molecule has 3 aromatic heterocycles. The van der Waals surface area contributed by atoms with E-state index in [0.29, 0.717) is 29.9 Å². The number of benzene rings is 1. The van der Waals surface area contributed by atoms with Crippen LogP contribution in [0.1, 0.15) is 5.56 Å². The molecule has 0 amide bonds. The average molecular weight is 380 g/mol. The zero-order valence-electron chi connectivity index (χ0n) is 14.6. The maximum atomic E-state index is 14.3. The number of rotatable bonds is 6. The van der Waals surface area contributed by atoms with Crippen LogP contribution >= 0.6 is 11.3 Å². The van der Waals surface area contributed by atoms with Crippen LogP contribution in [0.4, 0.5) is 10.2 Å². The summed E-state index contributed by atoms with van der Waals surface area (Å²) in [6.45, 7) is 0.562. The molecule has 4 rings (SSSR count). The van der Waals surface area contributed by atoms with Gasteiger partial charge < -0.3 is 10.1 Å². The number of ether oxygens (including phenoxy) is 1. The molecule has 1 N–H and O–H groups in total. The van der Waals surface area contributed by atoms with Crippen LogP contribution in [-0.4, -0.2) is 28.6 Å². The molecule has 0 saturated heterocycles. The molecule has 0 radical (unpaired) electrons. The van der Waals surface area contributed by atoms with Gasteiger partial charge >= 0.3 is 0 Å². The normalized spacial score (nSPS) is 10.9. The molecule has 0 fully saturated rings. The van der Waals surface area contributed by atoms with Gasteiger partial charge in [-0.15, -0.1) is 11.3 Å². The number of pyridine rings is 1. The number of hydrogen-bond acceptors (Lipinski definition) is 6. The van der Waals surface area contributed by atoms with Crippen LogP contribution in [0.5, 0.6) is 5.75 Å². The number of nitrogens with one attached hydrogen (secondary N) is 1. The van der Waals surface area contributed by atoms with Crippen molar-refractivity contribution < 1.29 is 9.13 Å². The van der Waals surface area contributed by atoms with Crippen molar-refractivity contribution in [1.29, 1.82) is 0 Å². The van der Waals surface area contributed by atoms with Crippen LogP contribution in [0.15, 0.2) is 54.3 Å². The van der Waals surface area contributed by atoms with Crippen molar-refractivity contribution in [2.45, 2.75) is 6.42 Å². The fourth-order valence-corrected chi connectivity index (χ4v) is 3.63. The first-order chi connectivity index (χ1) is 13.2. The van der Waals surface area contributed by atoms with Gasteiger partial charge in [0.1, 0.15) is 23.7 Å². The van der Waals surface area contributed by atoms with Gasteiger partial charge in [-0.3, -0.25) is 4.98 Å². The molecular formula is C20H17FN4OS. The van der Waals surface area contributed by atoms with Crippen molar-refractivity contribution in [2.75, 3.05) is 19.0 Å². The summed E-state index contributed by atoms with van der Waals surface area (Å²) in [7, 11) is 1.64. The van der Waals surface area contributed by atoms with Crippen LogP contribution in [0.2, 0.25) is 0 Å². The highest BCUT2D eigenvalue weighted by atomic mass is 32.1. The van der Waals surface area contributed by atoms with E-state index in [9.17, 15) is 4.39 Å². The van der Waals surface area contributed by atoms with E-state index >= 15 is 0 Å². The van der Waals surface area contributed by atoms with Crippen molar-refractivity contribution in [2.24, 2.45) is 0 Å². The van der Waals surface area contributed by atoms with Gasteiger partial charge in [-0.1, -0.05) is 6.07 Å². The maximum Gasteiger partial charge on any atom is 0.130 e. The number of nitrogens with zero attached hydrogens (tertiary/aromatic N) is 3. The molecule has 0 bridgehead atoms. The van der Waals surface area contributed by atoms with Crippen molar-refractivity contribution >= 4 is 28.1 Å². The molecule has 0 aliphatic rings. The largest absolute Gasteiger partial charge is 0.496 e. The van der Waals surface area contributed by atoms with Gasteiger partial charge in [0.25, 0.3) is 0 Å². The van der Waals surface area contributed by atoms with Gasteiger partial charge in [0.05, 0.1) is 23.2 Å². The Labute approximate surface area is 159 Å². The van der Waals surface area contributed by atoms with E-state index in [1.165, 1.54) is 12.4 Å². The lowest BCUT2D eigenvalue weighted by Gasteiger charge is -2.08. The predicted octanol–water partition coefficient (Wildman–Crippen LogP) is 4.56. The molecular weight excluding hydrogens is 363 g/mol. The summed E-state index contributed by atoms with van der Waals surface area (Å²) in [6, 6.07) is 10.9. The van der Waals surface area contributed by atoms with Gasteiger partial charge in [0, 0.05) is 41.7 Å². The molecule has 1 aromatic carbocycles. The monoisotopic (exact) mass is 380 g/mol. The Balaban J connectivity index is 1.45. The lowest BCUT2D eigenvalue weighted by atomic mass is 10.1. The molecule has 7 heteroatoms. The van der Waals surface area contributed by atoms with Gasteiger partial charge in [-0.2, -0.15) is 0 Å². The summed E-state index contributed by atoms with van der Waals surface area (Å²) in [5.41, 5.74) is 2.14. The SMILES string of the molecule is COc1csc(-c2cc(NCCc3cc4cccnc4cc3F)ncn2)c1. The number of fused-ring (bicyclic) bond motifs is 1. The molecule has 0 unspecified atom stereocenters. The van der Waals surface area contributed by atoms with Gasteiger partial charge in [0.15, 0.2) is 0 Å². The minimum atomic E-state index is -0.239. The van der Waals surface area contributed by atoms with Crippen LogP contribution in [0, 0.1) is 5.82 Å². The standard InChI is InChI=1S/C20H17FN4OS/c1-26-15-8-19(27-11-15)18-10-20(25-12-24-18)23-6-4-13-7-14-3-2-5-22-17(14)9-16(13)21/h2-3,5,7-12H,4,6H2,1H3,(H,23,24,25). The van der Waals surface area contributed by atoms with E-state index in [0.717, 1.165) is 21.7 Å². The predicted molar refractivity (Wildman–Crippen MR) is 106 cm³/mol. The Hall–Kier alpha value is -3.06. The zero-order valence-corrected chi connectivity index (χ0v) is 15.5. The minimum absolute atomic E-state index is 0.239. The Morgan fingerprint density at radius 1 is 1.15 bits per heavy atom. The van der Waals surface area contributed by atoms with Crippen LogP contribution < -0.4 is 10.1 Å². The molecule has 4 aromatic rings. The van der Waals surface area contributed by atoms with E-state index in [4.69, 9.17) is 4.74 Å². The summed E-state index contributed by atoms with van der Waals surface area (Å²) in [5, 5.41) is 6.11.